The van der Waals surface area contributed by atoms with Gasteiger partial charge < -0.3 is 15.7 Å². The van der Waals surface area contributed by atoms with E-state index in [9.17, 15) is 9.90 Å². The van der Waals surface area contributed by atoms with Crippen LogP contribution in [-0.4, -0.2) is 29.7 Å². The topological polar surface area (TPSA) is 61.4 Å². The molecule has 0 aromatic heterocycles. The fourth-order valence-corrected chi connectivity index (χ4v) is 3.15. The Kier molecular flexibility index (Phi) is 3.92. The lowest BCUT2D eigenvalue weighted by Crippen LogP contribution is -2.45. The van der Waals surface area contributed by atoms with Crippen molar-refractivity contribution in [3.8, 4) is 0 Å². The predicted molar refractivity (Wildman–Crippen MR) is 79.0 cm³/mol. The molecule has 20 heavy (non-hydrogen) atoms. The number of carbonyl (C=O) groups is 1. The minimum absolute atomic E-state index is 0.0654. The molecule has 1 aliphatic carbocycles. The molecule has 3 rings (SSSR count). The van der Waals surface area contributed by atoms with Gasteiger partial charge in [0.15, 0.2) is 0 Å². The fraction of sp³-hybridized carbons (Fsp3) is 0.562. The van der Waals surface area contributed by atoms with Gasteiger partial charge in [-0.2, -0.15) is 0 Å². The zero-order valence-corrected chi connectivity index (χ0v) is 11.7. The van der Waals surface area contributed by atoms with Gasteiger partial charge in [0, 0.05) is 17.8 Å². The summed E-state index contributed by atoms with van der Waals surface area (Å²) >= 11 is 0. The van der Waals surface area contributed by atoms with Crippen LogP contribution in [0.1, 0.15) is 48.0 Å². The number of hydrogen-bond acceptors (Lipinski definition) is 3. The second-order valence-corrected chi connectivity index (χ2v) is 5.83. The monoisotopic (exact) mass is 274 g/mol. The number of nitrogens with one attached hydrogen (secondary N) is 2. The van der Waals surface area contributed by atoms with Crippen molar-refractivity contribution >= 4 is 11.6 Å². The Morgan fingerprint density at radius 1 is 1.25 bits per heavy atom. The maximum Gasteiger partial charge on any atom is 0.251 e. The van der Waals surface area contributed by atoms with Crippen molar-refractivity contribution in [2.45, 2.75) is 50.7 Å². The van der Waals surface area contributed by atoms with Gasteiger partial charge in [0.05, 0.1) is 12.1 Å². The van der Waals surface area contributed by atoms with Gasteiger partial charge in [-0.3, -0.25) is 4.79 Å². The van der Waals surface area contributed by atoms with E-state index in [1.165, 1.54) is 5.56 Å². The van der Waals surface area contributed by atoms with Crippen LogP contribution in [0, 0.1) is 0 Å². The summed E-state index contributed by atoms with van der Waals surface area (Å²) < 4.78 is 0. The average Bonchev–Trinajstić information content (AvgIpc) is 2.49. The van der Waals surface area contributed by atoms with Gasteiger partial charge in [0.2, 0.25) is 0 Å². The van der Waals surface area contributed by atoms with Crippen LogP contribution in [0.4, 0.5) is 5.69 Å². The zero-order valence-electron chi connectivity index (χ0n) is 11.7. The van der Waals surface area contributed by atoms with Crippen LogP contribution in [0.3, 0.4) is 0 Å². The summed E-state index contributed by atoms with van der Waals surface area (Å²) in [5.74, 6) is -0.0654. The van der Waals surface area contributed by atoms with Gasteiger partial charge in [-0.25, -0.2) is 0 Å². The van der Waals surface area contributed by atoms with Gasteiger partial charge in [-0.05, 0) is 49.4 Å². The number of carbonyl (C=O) groups excluding carboxylic acids is 1. The van der Waals surface area contributed by atoms with Gasteiger partial charge in [0.25, 0.3) is 5.91 Å². The van der Waals surface area contributed by atoms with Crippen molar-refractivity contribution in [2.24, 2.45) is 0 Å². The first-order chi connectivity index (χ1) is 9.74. The number of benzene rings is 1. The Morgan fingerprint density at radius 3 is 2.95 bits per heavy atom. The number of aliphatic hydroxyl groups is 1. The van der Waals surface area contributed by atoms with Crippen LogP contribution in [0.5, 0.6) is 0 Å². The van der Waals surface area contributed by atoms with Crippen molar-refractivity contribution in [1.82, 2.24) is 5.32 Å². The van der Waals surface area contributed by atoms with E-state index in [1.807, 2.05) is 18.2 Å². The molecule has 1 aromatic rings. The molecule has 1 amide bonds. The Labute approximate surface area is 119 Å². The van der Waals surface area contributed by atoms with Crippen molar-refractivity contribution in [3.63, 3.8) is 0 Å². The van der Waals surface area contributed by atoms with E-state index < -0.39 is 6.10 Å². The number of hydrogen-bond donors (Lipinski definition) is 3. The third-order valence-corrected chi connectivity index (χ3v) is 4.35. The van der Waals surface area contributed by atoms with Crippen molar-refractivity contribution in [3.05, 3.63) is 29.3 Å². The van der Waals surface area contributed by atoms with E-state index in [2.05, 4.69) is 10.6 Å². The molecule has 1 saturated carbocycles. The molecule has 2 unspecified atom stereocenters. The van der Waals surface area contributed by atoms with Gasteiger partial charge in [0.1, 0.15) is 0 Å². The average molecular weight is 274 g/mol. The predicted octanol–water partition coefficient (Wildman–Crippen LogP) is 2.08. The molecule has 1 aliphatic heterocycles. The highest BCUT2D eigenvalue weighted by Crippen LogP contribution is 2.23. The fourth-order valence-electron chi connectivity index (χ4n) is 3.15. The molecule has 2 atom stereocenters. The lowest BCUT2D eigenvalue weighted by molar-refractivity contribution is 0.0717. The first-order valence-electron chi connectivity index (χ1n) is 7.60. The van der Waals surface area contributed by atoms with E-state index >= 15 is 0 Å². The molecule has 4 heteroatoms. The zero-order chi connectivity index (χ0) is 13.9. The van der Waals surface area contributed by atoms with E-state index in [-0.39, 0.29) is 11.9 Å². The van der Waals surface area contributed by atoms with E-state index in [4.69, 9.17) is 0 Å². The molecular weight excluding hydrogens is 252 g/mol. The van der Waals surface area contributed by atoms with Crippen molar-refractivity contribution in [2.75, 3.05) is 11.9 Å². The molecule has 4 nitrogen and oxygen atoms in total. The number of aryl methyl sites for hydroxylation is 1. The molecule has 2 aliphatic rings. The maximum absolute atomic E-state index is 12.3. The maximum atomic E-state index is 12.3. The van der Waals surface area contributed by atoms with Crippen LogP contribution >= 0.6 is 0 Å². The lowest BCUT2D eigenvalue weighted by Gasteiger charge is -2.28. The second kappa shape index (κ2) is 5.83. The lowest BCUT2D eigenvalue weighted by atomic mass is 9.92. The first-order valence-corrected chi connectivity index (χ1v) is 7.60. The molecular formula is C16H22N2O2. The van der Waals surface area contributed by atoms with Crippen molar-refractivity contribution in [1.29, 1.82) is 0 Å². The van der Waals surface area contributed by atoms with E-state index in [0.29, 0.717) is 5.56 Å². The normalized spacial score (nSPS) is 25.4. The van der Waals surface area contributed by atoms with Crippen LogP contribution in [0.15, 0.2) is 18.2 Å². The minimum atomic E-state index is -0.396. The highest BCUT2D eigenvalue weighted by atomic mass is 16.3. The third kappa shape index (κ3) is 2.80. The summed E-state index contributed by atoms with van der Waals surface area (Å²) in [5.41, 5.74) is 3.06. The number of fused-ring (bicyclic) bond motifs is 1. The molecule has 1 aromatic carbocycles. The number of rotatable bonds is 2. The third-order valence-electron chi connectivity index (χ3n) is 4.35. The van der Waals surface area contributed by atoms with Crippen LogP contribution in [0.2, 0.25) is 0 Å². The summed E-state index contributed by atoms with van der Waals surface area (Å²) in [4.78, 5) is 12.3. The summed E-state index contributed by atoms with van der Waals surface area (Å²) in [6.07, 6.45) is 5.54. The van der Waals surface area contributed by atoms with E-state index in [0.717, 1.165) is 50.8 Å². The summed E-state index contributed by atoms with van der Waals surface area (Å²) in [6, 6.07) is 5.74. The number of anilines is 1. The standard InChI is InChI=1S/C16H22N2O2/c19-15-6-2-1-5-14(15)18-16(20)12-7-8-13-11(10-12)4-3-9-17-13/h7-8,10,14-15,17,19H,1-6,9H2,(H,18,20). The minimum Gasteiger partial charge on any atom is -0.391 e. The SMILES string of the molecule is O=C(NC1CCCCC1O)c1ccc2c(c1)CCCN2. The molecule has 0 bridgehead atoms. The van der Waals surface area contributed by atoms with Crippen molar-refractivity contribution < 1.29 is 9.90 Å². The van der Waals surface area contributed by atoms with Gasteiger partial charge >= 0.3 is 0 Å². The van der Waals surface area contributed by atoms with Gasteiger partial charge in [-0.1, -0.05) is 12.8 Å². The molecule has 1 fully saturated rings. The first kappa shape index (κ1) is 13.4. The summed E-state index contributed by atoms with van der Waals surface area (Å²) in [6.45, 7) is 1.01. The second-order valence-electron chi connectivity index (χ2n) is 5.83. The Bertz CT molecular complexity index is 501. The van der Waals surface area contributed by atoms with Crippen LogP contribution in [0.25, 0.3) is 0 Å². The van der Waals surface area contributed by atoms with E-state index in [1.54, 1.807) is 0 Å². The number of aliphatic hydroxyl groups excluding tert-OH is 1. The number of amides is 1. The Morgan fingerprint density at radius 2 is 2.10 bits per heavy atom. The summed E-state index contributed by atoms with van der Waals surface area (Å²) in [5, 5.41) is 16.3. The molecule has 0 spiro atoms. The highest BCUT2D eigenvalue weighted by molar-refractivity contribution is 5.95. The Balaban J connectivity index is 1.70. The quantitative estimate of drug-likeness (QED) is 0.774. The molecule has 0 radical (unpaired) electrons. The van der Waals surface area contributed by atoms with Crippen LogP contribution < -0.4 is 10.6 Å². The molecule has 108 valence electrons. The molecule has 1 heterocycles. The summed E-state index contributed by atoms with van der Waals surface area (Å²) in [7, 11) is 0. The Hall–Kier alpha value is -1.55. The largest absolute Gasteiger partial charge is 0.391 e. The molecule has 3 N–H and O–H groups in total. The highest BCUT2D eigenvalue weighted by Gasteiger charge is 2.25. The smallest absolute Gasteiger partial charge is 0.251 e. The van der Waals surface area contributed by atoms with Gasteiger partial charge in [-0.15, -0.1) is 0 Å². The van der Waals surface area contributed by atoms with Crippen LogP contribution in [-0.2, 0) is 6.42 Å². The molecule has 0 saturated heterocycles.